The summed E-state index contributed by atoms with van der Waals surface area (Å²) in [6.45, 7) is 0. The fraction of sp³-hybridized carbons (Fsp3) is 0.0196. The molecule has 4 aliphatic rings. The first-order valence-electron chi connectivity index (χ1n) is 18.6. The number of rotatable bonds is 3. The summed E-state index contributed by atoms with van der Waals surface area (Å²) in [4.78, 5) is 0. The quantitative estimate of drug-likeness (QED) is 0.194. The van der Waals surface area contributed by atoms with E-state index in [0.717, 1.165) is 45.2 Å². The zero-order valence-electron chi connectivity index (χ0n) is 29.2. The van der Waals surface area contributed by atoms with Gasteiger partial charge in [0.15, 0.2) is 0 Å². The van der Waals surface area contributed by atoms with Crippen LogP contribution in [-0.2, 0) is 5.41 Å². The second kappa shape index (κ2) is 11.0. The lowest BCUT2D eigenvalue weighted by Crippen LogP contribution is -2.33. The zero-order valence-corrected chi connectivity index (χ0v) is 29.2. The number of ether oxygens (including phenoxy) is 1. The summed E-state index contributed by atoms with van der Waals surface area (Å²) < 4.78 is 6.54. The lowest BCUT2D eigenvalue weighted by atomic mass is 9.66. The first kappa shape index (κ1) is 29.5. The molecule has 2 heterocycles. The van der Waals surface area contributed by atoms with E-state index in [1.54, 1.807) is 0 Å². The Morgan fingerprint density at radius 2 is 1.00 bits per heavy atom. The lowest BCUT2D eigenvalue weighted by molar-refractivity contribution is 0.436. The van der Waals surface area contributed by atoms with Crippen molar-refractivity contribution in [1.82, 2.24) is 10.9 Å². The number of para-hydroxylation sites is 2. The molecule has 0 unspecified atom stereocenters. The van der Waals surface area contributed by atoms with E-state index in [4.69, 9.17) is 4.74 Å². The third-order valence-electron chi connectivity index (χ3n) is 11.9. The van der Waals surface area contributed by atoms with Crippen LogP contribution >= 0.6 is 0 Å². The SMILES string of the molecule is C1=C(c2ccc3c(c2)-c2ccccc2C32c3ccccc3Oc3ccccc32)NNC(c2ccc3c(c2)-c2cccc4cccc-3c24)=C1c1ccccc1. The van der Waals surface area contributed by atoms with Crippen molar-refractivity contribution in [3.05, 3.63) is 221 Å². The van der Waals surface area contributed by atoms with Crippen molar-refractivity contribution in [2.45, 2.75) is 5.41 Å². The molecule has 0 saturated carbocycles. The van der Waals surface area contributed by atoms with Gasteiger partial charge in [0, 0.05) is 27.8 Å². The Labute approximate surface area is 313 Å². The van der Waals surface area contributed by atoms with Crippen LogP contribution < -0.4 is 15.6 Å². The molecular weight excluding hydrogens is 657 g/mol. The van der Waals surface area contributed by atoms with Gasteiger partial charge in [0.2, 0.25) is 0 Å². The van der Waals surface area contributed by atoms with Crippen LogP contribution in [-0.4, -0.2) is 0 Å². The normalized spacial score (nSPS) is 14.9. The molecule has 3 heteroatoms. The second-order valence-electron chi connectivity index (χ2n) is 14.6. The van der Waals surface area contributed by atoms with Gasteiger partial charge in [-0.2, -0.15) is 0 Å². The third-order valence-corrected chi connectivity index (χ3v) is 11.9. The van der Waals surface area contributed by atoms with Crippen molar-refractivity contribution >= 4 is 27.7 Å². The van der Waals surface area contributed by atoms with Crippen LogP contribution in [0.4, 0.5) is 0 Å². The van der Waals surface area contributed by atoms with E-state index in [1.807, 2.05) is 0 Å². The Bertz CT molecular complexity index is 2920. The maximum Gasteiger partial charge on any atom is 0.132 e. The van der Waals surface area contributed by atoms with Crippen molar-refractivity contribution in [2.75, 3.05) is 0 Å². The van der Waals surface area contributed by atoms with Gasteiger partial charge in [0.25, 0.3) is 0 Å². The highest BCUT2D eigenvalue weighted by Crippen LogP contribution is 2.62. The van der Waals surface area contributed by atoms with Crippen LogP contribution in [0.3, 0.4) is 0 Å². The summed E-state index contributed by atoms with van der Waals surface area (Å²) in [5.41, 5.74) is 26.0. The molecule has 0 aromatic heterocycles. The van der Waals surface area contributed by atoms with Crippen LogP contribution in [0.5, 0.6) is 11.5 Å². The first-order valence-corrected chi connectivity index (χ1v) is 18.6. The molecule has 0 atom stereocenters. The molecule has 0 bridgehead atoms. The minimum absolute atomic E-state index is 0.484. The van der Waals surface area contributed by atoms with Gasteiger partial charge in [-0.05, 0) is 91.2 Å². The summed E-state index contributed by atoms with van der Waals surface area (Å²) in [7, 11) is 0. The van der Waals surface area contributed by atoms with E-state index in [1.165, 1.54) is 66.4 Å². The monoisotopic (exact) mass is 688 g/mol. The molecule has 0 fully saturated rings. The number of fused-ring (bicyclic) bond motifs is 12. The van der Waals surface area contributed by atoms with E-state index in [-0.39, 0.29) is 0 Å². The Morgan fingerprint density at radius 1 is 0.389 bits per heavy atom. The van der Waals surface area contributed by atoms with Gasteiger partial charge in [-0.3, -0.25) is 5.43 Å². The van der Waals surface area contributed by atoms with E-state index < -0.39 is 5.41 Å². The fourth-order valence-electron chi connectivity index (χ4n) is 9.65. The molecule has 0 radical (unpaired) electrons. The Kier molecular flexibility index (Phi) is 5.98. The lowest BCUT2D eigenvalue weighted by Gasteiger charge is -2.39. The highest BCUT2D eigenvalue weighted by atomic mass is 16.5. The standard InChI is InChI=1S/C51H32N2O/c1-2-12-31(13-3-1)39-30-46(52-53-50(39)34-24-26-35-37-17-10-14-32-15-11-18-38(49(32)37)40(35)29-34)33-25-27-43-41(28-33)36-16-4-5-19-42(36)51(43)44-20-6-8-22-47(44)54-48-23-9-7-21-45(48)51/h1-30,52-53H. The van der Waals surface area contributed by atoms with E-state index >= 15 is 0 Å². The summed E-state index contributed by atoms with van der Waals surface area (Å²) >= 11 is 0. The number of benzene rings is 8. The van der Waals surface area contributed by atoms with Crippen LogP contribution in [0.2, 0.25) is 0 Å². The summed E-state index contributed by atoms with van der Waals surface area (Å²) in [5, 5.41) is 2.62. The number of hydrogen-bond donors (Lipinski definition) is 2. The molecule has 2 aliphatic carbocycles. The fourth-order valence-corrected chi connectivity index (χ4v) is 9.65. The molecule has 2 N–H and O–H groups in total. The number of nitrogens with one attached hydrogen (secondary N) is 2. The van der Waals surface area contributed by atoms with E-state index in [9.17, 15) is 0 Å². The Hall–Kier alpha value is -7.10. The van der Waals surface area contributed by atoms with Crippen LogP contribution in [0.25, 0.3) is 61.1 Å². The van der Waals surface area contributed by atoms with Gasteiger partial charge in [0.05, 0.1) is 16.8 Å². The maximum atomic E-state index is 6.54. The predicted molar refractivity (Wildman–Crippen MR) is 220 cm³/mol. The average Bonchev–Trinajstić information content (AvgIpc) is 3.72. The van der Waals surface area contributed by atoms with Crippen molar-refractivity contribution in [3.63, 3.8) is 0 Å². The van der Waals surface area contributed by atoms with Gasteiger partial charge in [-0.1, -0.05) is 152 Å². The van der Waals surface area contributed by atoms with Gasteiger partial charge in [-0.25, -0.2) is 0 Å². The summed E-state index contributed by atoms with van der Waals surface area (Å²) in [6.07, 6.45) is 2.31. The van der Waals surface area contributed by atoms with Crippen molar-refractivity contribution in [3.8, 4) is 44.9 Å². The van der Waals surface area contributed by atoms with Crippen LogP contribution in [0.15, 0.2) is 182 Å². The molecular formula is C51H32N2O. The molecule has 252 valence electrons. The van der Waals surface area contributed by atoms with Crippen LogP contribution in [0.1, 0.15) is 38.9 Å². The molecule has 0 amide bonds. The molecule has 3 nitrogen and oxygen atoms in total. The van der Waals surface area contributed by atoms with Crippen molar-refractivity contribution in [1.29, 1.82) is 0 Å². The smallest absolute Gasteiger partial charge is 0.132 e. The summed E-state index contributed by atoms with van der Waals surface area (Å²) in [5.74, 6) is 1.81. The molecule has 8 aromatic carbocycles. The topological polar surface area (TPSA) is 33.3 Å². The number of hydrazine groups is 1. The molecule has 2 aliphatic heterocycles. The predicted octanol–water partition coefficient (Wildman–Crippen LogP) is 12.0. The number of allylic oxidation sites excluding steroid dienone is 2. The van der Waals surface area contributed by atoms with Gasteiger partial charge < -0.3 is 10.2 Å². The zero-order chi connectivity index (χ0) is 35.4. The Balaban J connectivity index is 1.03. The number of hydrogen-bond acceptors (Lipinski definition) is 3. The van der Waals surface area contributed by atoms with E-state index in [0.29, 0.717) is 0 Å². The maximum absolute atomic E-state index is 6.54. The van der Waals surface area contributed by atoms with Crippen molar-refractivity contribution < 1.29 is 4.74 Å². The molecule has 0 saturated heterocycles. The average molecular weight is 689 g/mol. The first-order chi connectivity index (χ1) is 26.8. The highest BCUT2D eigenvalue weighted by Gasteiger charge is 2.51. The Morgan fingerprint density at radius 3 is 1.78 bits per heavy atom. The molecule has 8 aromatic rings. The highest BCUT2D eigenvalue weighted by molar-refractivity contribution is 6.16. The van der Waals surface area contributed by atoms with E-state index in [2.05, 4.69) is 193 Å². The molecule has 54 heavy (non-hydrogen) atoms. The second-order valence-corrected chi connectivity index (χ2v) is 14.6. The van der Waals surface area contributed by atoms with Gasteiger partial charge in [0.1, 0.15) is 11.5 Å². The molecule has 1 spiro atoms. The molecule has 12 rings (SSSR count). The van der Waals surface area contributed by atoms with Gasteiger partial charge >= 0.3 is 0 Å². The van der Waals surface area contributed by atoms with Crippen molar-refractivity contribution in [2.24, 2.45) is 0 Å². The van der Waals surface area contributed by atoms with Crippen LogP contribution in [0, 0.1) is 0 Å². The van der Waals surface area contributed by atoms with Gasteiger partial charge in [-0.15, -0.1) is 0 Å². The minimum atomic E-state index is -0.484. The minimum Gasteiger partial charge on any atom is -0.457 e. The third kappa shape index (κ3) is 3.90. The summed E-state index contributed by atoms with van der Waals surface area (Å²) in [6, 6.07) is 63.8. The largest absolute Gasteiger partial charge is 0.457 e.